The number of aromatic amines is 1. The highest BCUT2D eigenvalue weighted by Crippen LogP contribution is 2.33. The third-order valence-electron chi connectivity index (χ3n) is 4.90. The van der Waals surface area contributed by atoms with Gasteiger partial charge in [0.05, 0.1) is 16.8 Å². The molecule has 1 amide bonds. The van der Waals surface area contributed by atoms with Crippen molar-refractivity contribution < 1.29 is 4.79 Å². The van der Waals surface area contributed by atoms with Crippen LogP contribution >= 0.6 is 0 Å². The molecule has 3 N–H and O–H groups in total. The summed E-state index contributed by atoms with van der Waals surface area (Å²) in [5.41, 5.74) is 6.15. The van der Waals surface area contributed by atoms with Crippen LogP contribution in [0.2, 0.25) is 0 Å². The standard InChI is InChI=1S/C19H21N5O.C4H10/c1-4-11-9-21-19(25)13-8-15(23-16(11)13)12-6-5-7-14-17(12)24-18(20-3)10(2)22-14;1-4(2)3/h5-8,11,23H,4,9H2,1-3H3,(H,20,24)(H,21,25);4H,1-3H3. The van der Waals surface area contributed by atoms with Crippen LogP contribution < -0.4 is 10.6 Å². The van der Waals surface area contributed by atoms with Gasteiger partial charge >= 0.3 is 0 Å². The molecule has 6 heteroatoms. The molecule has 1 atom stereocenters. The molecule has 1 aliphatic heterocycles. The van der Waals surface area contributed by atoms with Gasteiger partial charge in [0.2, 0.25) is 0 Å². The highest BCUT2D eigenvalue weighted by Gasteiger charge is 2.27. The number of carbonyl (C=O) groups excluding carboxylic acids is 1. The van der Waals surface area contributed by atoms with Crippen molar-refractivity contribution in [2.45, 2.75) is 47.0 Å². The van der Waals surface area contributed by atoms with E-state index in [1.807, 2.05) is 38.2 Å². The first kappa shape index (κ1) is 20.8. The second-order valence-corrected chi connectivity index (χ2v) is 8.14. The first-order chi connectivity index (χ1) is 13.8. The van der Waals surface area contributed by atoms with Gasteiger partial charge in [-0.2, -0.15) is 0 Å². The van der Waals surface area contributed by atoms with E-state index in [4.69, 9.17) is 4.98 Å². The van der Waals surface area contributed by atoms with Crippen molar-refractivity contribution in [3.63, 3.8) is 0 Å². The Bertz CT molecular complexity index is 1020. The second-order valence-electron chi connectivity index (χ2n) is 8.14. The molecular weight excluding hydrogens is 362 g/mol. The fourth-order valence-corrected chi connectivity index (χ4v) is 3.51. The Kier molecular flexibility index (Phi) is 6.20. The van der Waals surface area contributed by atoms with Gasteiger partial charge in [0.25, 0.3) is 5.91 Å². The topological polar surface area (TPSA) is 82.7 Å². The number of nitrogens with one attached hydrogen (secondary N) is 3. The molecule has 29 heavy (non-hydrogen) atoms. The largest absolute Gasteiger partial charge is 0.372 e. The van der Waals surface area contributed by atoms with E-state index in [2.05, 4.69) is 48.3 Å². The van der Waals surface area contributed by atoms with Crippen LogP contribution in [-0.2, 0) is 0 Å². The molecular formula is C23H31N5O. The zero-order chi connectivity index (χ0) is 21.1. The van der Waals surface area contributed by atoms with Crippen LogP contribution in [0.5, 0.6) is 0 Å². The number of benzene rings is 1. The summed E-state index contributed by atoms with van der Waals surface area (Å²) in [6, 6.07) is 7.88. The zero-order valence-electron chi connectivity index (χ0n) is 18.2. The van der Waals surface area contributed by atoms with Gasteiger partial charge in [0.15, 0.2) is 0 Å². The smallest absolute Gasteiger partial charge is 0.253 e. The van der Waals surface area contributed by atoms with Crippen molar-refractivity contribution in [1.82, 2.24) is 20.3 Å². The third kappa shape index (κ3) is 4.26. The van der Waals surface area contributed by atoms with Gasteiger partial charge in [-0.1, -0.05) is 39.8 Å². The predicted molar refractivity (Wildman–Crippen MR) is 119 cm³/mol. The minimum atomic E-state index is -0.0136. The van der Waals surface area contributed by atoms with Gasteiger partial charge in [0.1, 0.15) is 11.3 Å². The number of carbonyl (C=O) groups is 1. The second kappa shape index (κ2) is 8.64. The number of para-hydroxylation sites is 1. The molecule has 4 rings (SSSR count). The highest BCUT2D eigenvalue weighted by molar-refractivity contribution is 6.00. The van der Waals surface area contributed by atoms with Gasteiger partial charge in [0, 0.05) is 36.5 Å². The Morgan fingerprint density at radius 2 is 1.93 bits per heavy atom. The van der Waals surface area contributed by atoms with Crippen LogP contribution in [0.25, 0.3) is 22.3 Å². The molecule has 0 aliphatic carbocycles. The summed E-state index contributed by atoms with van der Waals surface area (Å²) in [6.45, 7) is 11.3. The Hall–Kier alpha value is -2.89. The molecule has 1 aliphatic rings. The zero-order valence-corrected chi connectivity index (χ0v) is 18.2. The van der Waals surface area contributed by atoms with Gasteiger partial charge in [-0.25, -0.2) is 9.97 Å². The number of anilines is 1. The molecule has 0 saturated heterocycles. The molecule has 3 aromatic rings. The fraction of sp³-hybridized carbons (Fsp3) is 0.435. The maximum absolute atomic E-state index is 12.2. The van der Waals surface area contributed by atoms with E-state index >= 15 is 0 Å². The maximum atomic E-state index is 12.2. The van der Waals surface area contributed by atoms with Crippen LogP contribution in [0.3, 0.4) is 0 Å². The molecule has 0 saturated carbocycles. The van der Waals surface area contributed by atoms with Gasteiger partial charge in [-0.05, 0) is 31.4 Å². The van der Waals surface area contributed by atoms with Gasteiger partial charge in [-0.15, -0.1) is 0 Å². The summed E-state index contributed by atoms with van der Waals surface area (Å²) in [5, 5.41) is 6.06. The molecule has 1 aromatic carbocycles. The molecule has 6 nitrogen and oxygen atoms in total. The van der Waals surface area contributed by atoms with E-state index in [-0.39, 0.29) is 5.91 Å². The number of fused-ring (bicyclic) bond motifs is 2. The SMILES string of the molecule is CC(C)C.CCC1CNC(=O)c2cc(-c3cccc4nc(C)c(NC)nc34)[nH]c21. The Morgan fingerprint density at radius 3 is 2.59 bits per heavy atom. The van der Waals surface area contributed by atoms with E-state index in [0.29, 0.717) is 12.5 Å². The van der Waals surface area contributed by atoms with Crippen molar-refractivity contribution in [1.29, 1.82) is 0 Å². The van der Waals surface area contributed by atoms with Crippen LogP contribution in [0, 0.1) is 12.8 Å². The van der Waals surface area contributed by atoms with E-state index in [1.54, 1.807) is 0 Å². The monoisotopic (exact) mass is 393 g/mol. The Labute approximate surface area is 172 Å². The van der Waals surface area contributed by atoms with Crippen molar-refractivity contribution in [2.75, 3.05) is 18.9 Å². The number of aromatic nitrogens is 3. The lowest BCUT2D eigenvalue weighted by Gasteiger charge is -2.21. The molecule has 0 fully saturated rings. The minimum Gasteiger partial charge on any atom is -0.372 e. The molecule has 3 heterocycles. The van der Waals surface area contributed by atoms with Crippen molar-refractivity contribution in [2.24, 2.45) is 5.92 Å². The van der Waals surface area contributed by atoms with E-state index in [0.717, 1.165) is 57.4 Å². The molecule has 0 bridgehead atoms. The number of hydrogen-bond donors (Lipinski definition) is 3. The minimum absolute atomic E-state index is 0.0136. The maximum Gasteiger partial charge on any atom is 0.253 e. The summed E-state index contributed by atoms with van der Waals surface area (Å²) in [5.74, 6) is 1.90. The molecule has 0 radical (unpaired) electrons. The molecule has 154 valence electrons. The molecule has 0 spiro atoms. The number of amides is 1. The fourth-order valence-electron chi connectivity index (χ4n) is 3.51. The first-order valence-electron chi connectivity index (χ1n) is 10.3. The van der Waals surface area contributed by atoms with Crippen molar-refractivity contribution in [3.8, 4) is 11.3 Å². The van der Waals surface area contributed by atoms with Crippen molar-refractivity contribution in [3.05, 3.63) is 41.2 Å². The summed E-state index contributed by atoms with van der Waals surface area (Å²) >= 11 is 0. The van der Waals surface area contributed by atoms with Crippen LogP contribution in [0.1, 0.15) is 61.8 Å². The van der Waals surface area contributed by atoms with Gasteiger partial charge < -0.3 is 15.6 Å². The van der Waals surface area contributed by atoms with Gasteiger partial charge in [-0.3, -0.25) is 4.79 Å². The summed E-state index contributed by atoms with van der Waals surface area (Å²) in [7, 11) is 1.84. The number of aryl methyl sites for hydroxylation is 1. The van der Waals surface area contributed by atoms with E-state index < -0.39 is 0 Å². The Balaban J connectivity index is 0.000000552. The average molecular weight is 394 g/mol. The number of H-pyrrole nitrogens is 1. The quantitative estimate of drug-likeness (QED) is 0.592. The highest BCUT2D eigenvalue weighted by atomic mass is 16.1. The Morgan fingerprint density at radius 1 is 1.21 bits per heavy atom. The number of rotatable bonds is 3. The third-order valence-corrected chi connectivity index (χ3v) is 4.90. The summed E-state index contributed by atoms with van der Waals surface area (Å²) in [4.78, 5) is 25.1. The average Bonchev–Trinajstić information content (AvgIpc) is 3.13. The number of nitrogens with zero attached hydrogens (tertiary/aromatic N) is 2. The van der Waals surface area contributed by atoms with Crippen LogP contribution in [0.15, 0.2) is 24.3 Å². The molecule has 1 unspecified atom stereocenters. The lowest BCUT2D eigenvalue weighted by Crippen LogP contribution is -2.34. The summed E-state index contributed by atoms with van der Waals surface area (Å²) < 4.78 is 0. The summed E-state index contributed by atoms with van der Waals surface area (Å²) in [6.07, 6.45) is 0.978. The number of hydrogen-bond acceptors (Lipinski definition) is 4. The van der Waals surface area contributed by atoms with E-state index in [9.17, 15) is 4.79 Å². The normalized spacial score (nSPS) is 15.6. The van der Waals surface area contributed by atoms with Crippen LogP contribution in [-0.4, -0.2) is 34.5 Å². The lowest BCUT2D eigenvalue weighted by molar-refractivity contribution is 0.0939. The van der Waals surface area contributed by atoms with Crippen molar-refractivity contribution >= 4 is 22.8 Å². The first-order valence-corrected chi connectivity index (χ1v) is 10.3. The van der Waals surface area contributed by atoms with E-state index in [1.165, 1.54) is 0 Å². The van der Waals surface area contributed by atoms with Crippen LogP contribution in [0.4, 0.5) is 5.82 Å². The molecule has 2 aromatic heterocycles. The lowest BCUT2D eigenvalue weighted by atomic mass is 9.95. The predicted octanol–water partition coefficient (Wildman–Crippen LogP) is 4.87.